The maximum Gasteiger partial charge on any atom is 0.490 e. The number of carbonyl (C=O) groups excluding carboxylic acids is 1. The van der Waals surface area contributed by atoms with Crippen LogP contribution in [0, 0.1) is 5.92 Å². The number of hydrogen-bond donors (Lipinski definition) is 1. The number of amides is 1. The van der Waals surface area contributed by atoms with Gasteiger partial charge in [0.2, 0.25) is 5.91 Å². The summed E-state index contributed by atoms with van der Waals surface area (Å²) >= 11 is 0. The number of aliphatic carboxylic acids is 1. The molecule has 11 heteroatoms. The number of rotatable bonds is 4. The zero-order chi connectivity index (χ0) is 26.9. The Balaban J connectivity index is 0.000000374. The van der Waals surface area contributed by atoms with Gasteiger partial charge in [-0.25, -0.2) is 4.79 Å². The zero-order valence-electron chi connectivity index (χ0n) is 21.3. The Bertz CT molecular complexity index is 1160. The highest BCUT2D eigenvalue weighted by Gasteiger charge is 2.46. The molecule has 1 N–H and O–H groups in total. The summed E-state index contributed by atoms with van der Waals surface area (Å²) in [5.41, 5.74) is 3.21. The van der Waals surface area contributed by atoms with Gasteiger partial charge in [-0.15, -0.1) is 0 Å². The first-order valence-corrected chi connectivity index (χ1v) is 13.3. The van der Waals surface area contributed by atoms with Crippen molar-refractivity contribution < 1.29 is 32.6 Å². The third-order valence-electron chi connectivity index (χ3n) is 8.18. The van der Waals surface area contributed by atoms with Gasteiger partial charge in [-0.1, -0.05) is 18.6 Å². The maximum absolute atomic E-state index is 12.8. The normalized spacial score (nSPS) is 20.6. The number of piperidine rings is 1. The van der Waals surface area contributed by atoms with E-state index in [1.165, 1.54) is 43.6 Å². The average molecular weight is 535 g/mol. The number of carboxylic acids is 1. The Hall–Kier alpha value is -3.08. The van der Waals surface area contributed by atoms with Crippen LogP contribution in [-0.4, -0.2) is 75.5 Å². The van der Waals surface area contributed by atoms with Crippen molar-refractivity contribution in [1.29, 1.82) is 0 Å². The Labute approximate surface area is 219 Å². The molecule has 8 nitrogen and oxygen atoms in total. The van der Waals surface area contributed by atoms with E-state index in [2.05, 4.69) is 38.7 Å². The molecule has 2 aromatic rings. The number of benzene rings is 1. The molecule has 3 fully saturated rings. The quantitative estimate of drug-likeness (QED) is 0.630. The molecule has 2 saturated heterocycles. The van der Waals surface area contributed by atoms with Crippen LogP contribution in [-0.2, 0) is 21.7 Å². The molecule has 0 radical (unpaired) electrons. The number of aromatic nitrogens is 2. The fourth-order valence-electron chi connectivity index (χ4n) is 5.80. The van der Waals surface area contributed by atoms with Gasteiger partial charge in [-0.3, -0.25) is 9.48 Å². The molecular formula is C27H33F3N4O4. The highest BCUT2D eigenvalue weighted by molar-refractivity contribution is 5.80. The molecule has 38 heavy (non-hydrogen) atoms. The lowest BCUT2D eigenvalue weighted by molar-refractivity contribution is -0.192. The molecule has 0 unspecified atom stereocenters. The Morgan fingerprint density at radius 1 is 1.03 bits per heavy atom. The molecule has 0 bridgehead atoms. The smallest absolute Gasteiger partial charge is 0.482 e. The number of hydrogen-bond acceptors (Lipinski definition) is 5. The van der Waals surface area contributed by atoms with E-state index in [-0.39, 0.29) is 11.5 Å². The number of ether oxygens (including phenoxy) is 1. The van der Waals surface area contributed by atoms with Gasteiger partial charge in [0, 0.05) is 49.5 Å². The Kier molecular flexibility index (Phi) is 7.39. The van der Waals surface area contributed by atoms with E-state index in [1.807, 2.05) is 6.20 Å². The van der Waals surface area contributed by atoms with Crippen LogP contribution in [0.1, 0.15) is 50.5 Å². The van der Waals surface area contributed by atoms with Crippen LogP contribution in [0.3, 0.4) is 0 Å². The van der Waals surface area contributed by atoms with Crippen molar-refractivity contribution in [3.05, 3.63) is 36.0 Å². The summed E-state index contributed by atoms with van der Waals surface area (Å²) < 4.78 is 40.6. The van der Waals surface area contributed by atoms with Gasteiger partial charge in [0.1, 0.15) is 11.4 Å². The minimum Gasteiger partial charge on any atom is -0.482 e. The van der Waals surface area contributed by atoms with Crippen LogP contribution in [0.5, 0.6) is 5.75 Å². The Morgan fingerprint density at radius 3 is 2.29 bits per heavy atom. The predicted molar refractivity (Wildman–Crippen MR) is 132 cm³/mol. The number of para-hydroxylation sites is 1. The van der Waals surface area contributed by atoms with Crippen molar-refractivity contribution in [2.75, 3.05) is 32.7 Å². The zero-order valence-corrected chi connectivity index (χ0v) is 21.3. The molecule has 1 aromatic carbocycles. The summed E-state index contributed by atoms with van der Waals surface area (Å²) in [6.45, 7) is 5.92. The van der Waals surface area contributed by atoms with E-state index in [1.54, 1.807) is 0 Å². The fraction of sp³-hybridized carbons (Fsp3) is 0.593. The lowest BCUT2D eigenvalue weighted by Crippen LogP contribution is -2.51. The minimum atomic E-state index is -5.08. The van der Waals surface area contributed by atoms with Gasteiger partial charge >= 0.3 is 12.1 Å². The molecule has 1 saturated carbocycles. The van der Waals surface area contributed by atoms with Crippen molar-refractivity contribution in [3.8, 4) is 17.0 Å². The molecule has 1 spiro atoms. The monoisotopic (exact) mass is 534 g/mol. The lowest BCUT2D eigenvalue weighted by Gasteiger charge is -2.45. The maximum atomic E-state index is 12.8. The van der Waals surface area contributed by atoms with E-state index in [9.17, 15) is 18.0 Å². The number of fused-ring (bicyclic) bond motifs is 4. The summed E-state index contributed by atoms with van der Waals surface area (Å²) in [6, 6.07) is 8.38. The van der Waals surface area contributed by atoms with Crippen molar-refractivity contribution in [2.45, 2.75) is 63.3 Å². The second-order valence-electron chi connectivity index (χ2n) is 10.5. The van der Waals surface area contributed by atoms with E-state index in [0.717, 1.165) is 63.2 Å². The van der Waals surface area contributed by atoms with Crippen molar-refractivity contribution in [2.24, 2.45) is 5.92 Å². The van der Waals surface area contributed by atoms with Crippen molar-refractivity contribution in [1.82, 2.24) is 19.6 Å². The molecule has 0 atom stereocenters. The van der Waals surface area contributed by atoms with Gasteiger partial charge in [0.05, 0.1) is 18.4 Å². The summed E-state index contributed by atoms with van der Waals surface area (Å²) in [5, 5.41) is 12.0. The van der Waals surface area contributed by atoms with E-state index < -0.39 is 12.1 Å². The summed E-state index contributed by atoms with van der Waals surface area (Å²) in [6.07, 6.45) is 4.60. The summed E-state index contributed by atoms with van der Waals surface area (Å²) in [4.78, 5) is 26.3. The standard InChI is InChI=1S/C25H32N4O2.C2HF3O2/c30-24(19-6-5-7-19)28-14-10-25(11-15-28)21-18-26-29(17-16-27-12-3-4-13-27)23(21)20-8-1-2-9-22(20)31-25;3-2(4,5)1(6)7/h1-2,8-9,18-19H,3-7,10-17H2;(H,6,7). The number of halogens is 3. The minimum absolute atomic E-state index is 0.269. The summed E-state index contributed by atoms with van der Waals surface area (Å²) in [7, 11) is 0. The fourth-order valence-corrected chi connectivity index (χ4v) is 5.80. The first-order chi connectivity index (χ1) is 18.2. The van der Waals surface area contributed by atoms with E-state index >= 15 is 0 Å². The van der Waals surface area contributed by atoms with Crippen LogP contribution < -0.4 is 4.74 Å². The molecular weight excluding hydrogens is 501 g/mol. The van der Waals surface area contributed by atoms with E-state index in [4.69, 9.17) is 19.7 Å². The molecule has 206 valence electrons. The third kappa shape index (κ3) is 5.25. The molecule has 4 aliphatic rings. The van der Waals surface area contributed by atoms with Crippen molar-refractivity contribution >= 4 is 11.9 Å². The molecule has 1 aliphatic carbocycles. The Morgan fingerprint density at radius 2 is 1.68 bits per heavy atom. The summed E-state index contributed by atoms with van der Waals surface area (Å²) in [5.74, 6) is -1.17. The first kappa shape index (κ1) is 26.5. The number of carbonyl (C=O) groups is 2. The van der Waals surface area contributed by atoms with E-state index in [0.29, 0.717) is 5.91 Å². The van der Waals surface area contributed by atoms with Crippen LogP contribution in [0.2, 0.25) is 0 Å². The molecule has 4 heterocycles. The number of carboxylic acid groups (broad SMARTS) is 1. The van der Waals surface area contributed by atoms with Crippen LogP contribution in [0.4, 0.5) is 13.2 Å². The second kappa shape index (κ2) is 10.6. The largest absolute Gasteiger partial charge is 0.490 e. The highest BCUT2D eigenvalue weighted by atomic mass is 19.4. The van der Waals surface area contributed by atoms with Crippen molar-refractivity contribution in [3.63, 3.8) is 0 Å². The molecule has 6 rings (SSSR count). The van der Waals surface area contributed by atoms with Crippen LogP contribution in [0.25, 0.3) is 11.3 Å². The third-order valence-corrected chi connectivity index (χ3v) is 8.18. The van der Waals surface area contributed by atoms with Gasteiger partial charge in [-0.2, -0.15) is 18.3 Å². The molecule has 1 aromatic heterocycles. The van der Waals surface area contributed by atoms with Gasteiger partial charge in [0.15, 0.2) is 0 Å². The van der Waals surface area contributed by atoms with Gasteiger partial charge < -0.3 is 19.6 Å². The number of nitrogens with zero attached hydrogens (tertiary/aromatic N) is 4. The van der Waals surface area contributed by atoms with Gasteiger partial charge in [-0.05, 0) is 50.9 Å². The van der Waals surface area contributed by atoms with Gasteiger partial charge in [0.25, 0.3) is 0 Å². The lowest BCUT2D eigenvalue weighted by atomic mass is 9.79. The second-order valence-corrected chi connectivity index (χ2v) is 10.5. The SMILES string of the molecule is O=C(C1CCC1)N1CCC2(CC1)Oc1ccccc1-c1c2cnn1CCN1CCCC1.O=C(O)C(F)(F)F. The molecule has 1 amide bonds. The van der Waals surface area contributed by atoms with Crippen LogP contribution in [0.15, 0.2) is 30.5 Å². The topological polar surface area (TPSA) is 87.9 Å². The highest BCUT2D eigenvalue weighted by Crippen LogP contribution is 2.49. The first-order valence-electron chi connectivity index (χ1n) is 13.3. The molecule has 3 aliphatic heterocycles. The number of alkyl halides is 3. The average Bonchev–Trinajstić information content (AvgIpc) is 3.53. The van der Waals surface area contributed by atoms with Crippen LogP contribution >= 0.6 is 0 Å². The predicted octanol–water partition coefficient (Wildman–Crippen LogP) is 4.29. The number of likely N-dealkylation sites (tertiary alicyclic amines) is 2.